The smallest absolute Gasteiger partial charge is 0.136 e. The summed E-state index contributed by atoms with van der Waals surface area (Å²) in [6.45, 7) is 0. The van der Waals surface area contributed by atoms with Gasteiger partial charge in [0.05, 0.1) is 16.7 Å². The predicted octanol–water partition coefficient (Wildman–Crippen LogP) is 13.2. The lowest BCUT2D eigenvalue weighted by Gasteiger charge is -2.27. The van der Waals surface area contributed by atoms with Crippen LogP contribution in [-0.4, -0.2) is 4.57 Å². The molecule has 0 aliphatic heterocycles. The number of rotatable bonds is 4. The molecule has 4 heteroatoms. The standard InChI is InChI=1S/C46H28N2O2/c1-2-11-31(12-3-1)48-39-16-7-4-15-36(39)46-40(17-10-18-41(46)48)47(33-23-24-44-38(28-33)35-14-6-8-19-42(35)49-44)32-22-21-29-26-37-34-13-5-9-20-43(34)50-45(37)27-30(29)25-32/h1-28H. The van der Waals surface area contributed by atoms with Gasteiger partial charge in [0.2, 0.25) is 0 Å². The minimum atomic E-state index is 0.875. The van der Waals surface area contributed by atoms with Gasteiger partial charge >= 0.3 is 0 Å². The van der Waals surface area contributed by atoms with E-state index in [0.29, 0.717) is 0 Å². The Kier molecular flexibility index (Phi) is 5.63. The van der Waals surface area contributed by atoms with Gasteiger partial charge in [-0.2, -0.15) is 0 Å². The predicted molar refractivity (Wildman–Crippen MR) is 208 cm³/mol. The number of para-hydroxylation sites is 4. The van der Waals surface area contributed by atoms with Crippen molar-refractivity contribution in [3.05, 3.63) is 170 Å². The van der Waals surface area contributed by atoms with Crippen molar-refractivity contribution < 1.29 is 8.83 Å². The van der Waals surface area contributed by atoms with Gasteiger partial charge in [0.1, 0.15) is 22.3 Å². The maximum atomic E-state index is 6.33. The van der Waals surface area contributed by atoms with Crippen molar-refractivity contribution in [3.63, 3.8) is 0 Å². The van der Waals surface area contributed by atoms with E-state index in [0.717, 1.165) is 77.5 Å². The first-order valence-corrected chi connectivity index (χ1v) is 16.9. The van der Waals surface area contributed by atoms with E-state index < -0.39 is 0 Å². The Labute approximate surface area is 286 Å². The second kappa shape index (κ2) is 10.4. The molecule has 0 unspecified atom stereocenters. The zero-order valence-corrected chi connectivity index (χ0v) is 26.9. The number of benzene rings is 8. The quantitative estimate of drug-likeness (QED) is 0.192. The number of hydrogen-bond acceptors (Lipinski definition) is 3. The molecule has 0 aliphatic rings. The van der Waals surface area contributed by atoms with Gasteiger partial charge in [-0.1, -0.05) is 84.9 Å². The largest absolute Gasteiger partial charge is 0.456 e. The van der Waals surface area contributed by atoms with Gasteiger partial charge in [0, 0.05) is 49.4 Å². The third-order valence-corrected chi connectivity index (χ3v) is 10.1. The topological polar surface area (TPSA) is 34.5 Å². The van der Waals surface area contributed by atoms with Gasteiger partial charge in [-0.3, -0.25) is 0 Å². The lowest BCUT2D eigenvalue weighted by Crippen LogP contribution is -2.10. The summed E-state index contributed by atoms with van der Waals surface area (Å²) in [5.74, 6) is 0. The molecule has 0 atom stereocenters. The molecular formula is C46H28N2O2. The maximum Gasteiger partial charge on any atom is 0.136 e. The summed E-state index contributed by atoms with van der Waals surface area (Å²) in [6, 6.07) is 60.3. The monoisotopic (exact) mass is 640 g/mol. The van der Waals surface area contributed by atoms with Gasteiger partial charge < -0.3 is 18.3 Å². The average Bonchev–Trinajstić information content (AvgIpc) is 3.84. The Morgan fingerprint density at radius 2 is 1.00 bits per heavy atom. The normalized spacial score (nSPS) is 12.0. The second-order valence-electron chi connectivity index (χ2n) is 13.0. The molecule has 3 heterocycles. The van der Waals surface area contributed by atoms with Crippen molar-refractivity contribution in [2.75, 3.05) is 4.90 Å². The number of furan rings is 2. The molecule has 4 nitrogen and oxygen atoms in total. The van der Waals surface area contributed by atoms with Crippen LogP contribution in [0.1, 0.15) is 0 Å². The van der Waals surface area contributed by atoms with Gasteiger partial charge in [-0.15, -0.1) is 0 Å². The highest BCUT2D eigenvalue weighted by atomic mass is 16.3. The van der Waals surface area contributed by atoms with Crippen molar-refractivity contribution in [1.29, 1.82) is 0 Å². The minimum absolute atomic E-state index is 0.875. The van der Waals surface area contributed by atoms with E-state index in [1.165, 1.54) is 21.7 Å². The Bertz CT molecular complexity index is 3110. The molecule has 11 aromatic rings. The number of nitrogens with zero attached hydrogens (tertiary/aromatic N) is 2. The van der Waals surface area contributed by atoms with Crippen LogP contribution in [0.3, 0.4) is 0 Å². The molecule has 0 amide bonds. The number of aromatic nitrogens is 1. The molecule has 0 fully saturated rings. The highest BCUT2D eigenvalue weighted by molar-refractivity contribution is 6.17. The Morgan fingerprint density at radius 1 is 0.380 bits per heavy atom. The molecule has 0 spiro atoms. The molecule has 0 saturated carbocycles. The fraction of sp³-hybridized carbons (Fsp3) is 0. The first-order valence-electron chi connectivity index (χ1n) is 16.9. The number of hydrogen-bond donors (Lipinski definition) is 0. The van der Waals surface area contributed by atoms with Crippen LogP contribution in [0.15, 0.2) is 179 Å². The SMILES string of the molecule is c1ccc(-n2c3ccccc3c3c(N(c4ccc5cc6c(cc5c4)oc4ccccc46)c4ccc5oc6ccccc6c5c4)cccc32)cc1. The van der Waals surface area contributed by atoms with Crippen LogP contribution < -0.4 is 4.90 Å². The molecule has 11 rings (SSSR count). The van der Waals surface area contributed by atoms with Crippen LogP contribution in [-0.2, 0) is 0 Å². The summed E-state index contributed by atoms with van der Waals surface area (Å²) in [5.41, 5.74) is 10.2. The van der Waals surface area contributed by atoms with Crippen LogP contribution in [0.2, 0.25) is 0 Å². The summed E-state index contributed by atoms with van der Waals surface area (Å²) in [4.78, 5) is 2.40. The van der Waals surface area contributed by atoms with E-state index >= 15 is 0 Å². The Balaban J connectivity index is 1.21. The number of fused-ring (bicyclic) bond motifs is 10. The van der Waals surface area contributed by atoms with Crippen LogP contribution >= 0.6 is 0 Å². The van der Waals surface area contributed by atoms with E-state index in [9.17, 15) is 0 Å². The zero-order valence-electron chi connectivity index (χ0n) is 26.9. The maximum absolute atomic E-state index is 6.33. The lowest BCUT2D eigenvalue weighted by atomic mass is 10.0. The molecular weight excluding hydrogens is 613 g/mol. The fourth-order valence-corrected chi connectivity index (χ4v) is 7.92. The molecule has 3 aromatic heterocycles. The second-order valence-corrected chi connectivity index (χ2v) is 13.0. The molecule has 8 aromatic carbocycles. The van der Waals surface area contributed by atoms with E-state index in [1.54, 1.807) is 0 Å². The average molecular weight is 641 g/mol. The van der Waals surface area contributed by atoms with Gasteiger partial charge in [-0.25, -0.2) is 0 Å². The van der Waals surface area contributed by atoms with Crippen molar-refractivity contribution in [3.8, 4) is 5.69 Å². The molecule has 50 heavy (non-hydrogen) atoms. The highest BCUT2D eigenvalue weighted by Gasteiger charge is 2.22. The summed E-state index contributed by atoms with van der Waals surface area (Å²) >= 11 is 0. The first-order chi connectivity index (χ1) is 24.8. The third kappa shape index (κ3) is 3.93. The summed E-state index contributed by atoms with van der Waals surface area (Å²) < 4.78 is 15.0. The van der Waals surface area contributed by atoms with E-state index in [4.69, 9.17) is 8.83 Å². The number of anilines is 3. The van der Waals surface area contributed by atoms with E-state index in [1.807, 2.05) is 24.3 Å². The van der Waals surface area contributed by atoms with Gasteiger partial charge in [0.15, 0.2) is 0 Å². The van der Waals surface area contributed by atoms with Gasteiger partial charge in [-0.05, 0) is 95.7 Å². The van der Waals surface area contributed by atoms with Crippen molar-refractivity contribution >= 4 is 93.5 Å². The lowest BCUT2D eigenvalue weighted by molar-refractivity contribution is 0.668. The Morgan fingerprint density at radius 3 is 1.82 bits per heavy atom. The molecule has 0 bridgehead atoms. The molecule has 0 radical (unpaired) electrons. The van der Waals surface area contributed by atoms with Crippen LogP contribution in [0, 0.1) is 0 Å². The van der Waals surface area contributed by atoms with Crippen LogP contribution in [0.4, 0.5) is 17.1 Å². The van der Waals surface area contributed by atoms with Gasteiger partial charge in [0.25, 0.3) is 0 Å². The fourth-order valence-electron chi connectivity index (χ4n) is 7.92. The molecule has 0 aliphatic carbocycles. The molecule has 234 valence electrons. The van der Waals surface area contributed by atoms with Crippen LogP contribution in [0.5, 0.6) is 0 Å². The summed E-state index contributed by atoms with van der Waals surface area (Å²) in [7, 11) is 0. The van der Waals surface area contributed by atoms with Crippen molar-refractivity contribution in [2.24, 2.45) is 0 Å². The Hall–Kier alpha value is -6.78. The summed E-state index contributed by atoms with van der Waals surface area (Å²) in [6.07, 6.45) is 0. The summed E-state index contributed by atoms with van der Waals surface area (Å²) in [5, 5.41) is 9.14. The van der Waals surface area contributed by atoms with Crippen LogP contribution in [0.25, 0.3) is 82.1 Å². The third-order valence-electron chi connectivity index (χ3n) is 10.1. The zero-order chi connectivity index (χ0) is 32.8. The van der Waals surface area contributed by atoms with E-state index in [2.05, 4.69) is 155 Å². The van der Waals surface area contributed by atoms with E-state index in [-0.39, 0.29) is 0 Å². The minimum Gasteiger partial charge on any atom is -0.456 e. The molecule has 0 saturated heterocycles. The molecule has 0 N–H and O–H groups in total. The van der Waals surface area contributed by atoms with Crippen molar-refractivity contribution in [1.82, 2.24) is 4.57 Å². The first kappa shape index (κ1) is 27.2. The van der Waals surface area contributed by atoms with Crippen molar-refractivity contribution in [2.45, 2.75) is 0 Å². The highest BCUT2D eigenvalue weighted by Crippen LogP contribution is 2.46.